The molecule has 5 aromatic heterocycles. The molecule has 5 aromatic rings. The number of aromatic nitrogens is 6. The standard InChI is InChI=1S/C22H16N6/c1-14-3-2-4-20(26-14)22-17(13-25-28-22)18-5-6-19-21(27-18)11-16(12-24-19)15-7-9-23-10-8-15/h2-13H,1H3,(H,25,28). The Morgan fingerprint density at radius 3 is 2.57 bits per heavy atom. The Morgan fingerprint density at radius 1 is 0.821 bits per heavy atom. The summed E-state index contributed by atoms with van der Waals surface area (Å²) in [5.74, 6) is 0. The second kappa shape index (κ2) is 6.66. The Balaban J connectivity index is 1.62. The van der Waals surface area contributed by atoms with Gasteiger partial charge in [0.15, 0.2) is 0 Å². The van der Waals surface area contributed by atoms with Gasteiger partial charge in [0.1, 0.15) is 5.69 Å². The van der Waals surface area contributed by atoms with Crippen LogP contribution in [0.1, 0.15) is 5.69 Å². The van der Waals surface area contributed by atoms with Gasteiger partial charge in [0.2, 0.25) is 0 Å². The fourth-order valence-corrected chi connectivity index (χ4v) is 3.21. The lowest BCUT2D eigenvalue weighted by Gasteiger charge is -2.06. The summed E-state index contributed by atoms with van der Waals surface area (Å²) in [5.41, 5.74) is 8.04. The van der Waals surface area contributed by atoms with Crippen molar-refractivity contribution in [1.29, 1.82) is 0 Å². The zero-order valence-electron chi connectivity index (χ0n) is 15.2. The molecule has 0 aliphatic carbocycles. The molecule has 0 fully saturated rings. The summed E-state index contributed by atoms with van der Waals surface area (Å²) in [6.07, 6.45) is 7.26. The third-order valence-corrected chi connectivity index (χ3v) is 4.60. The number of aryl methyl sites for hydroxylation is 1. The van der Waals surface area contributed by atoms with Crippen molar-refractivity contribution in [3.63, 3.8) is 0 Å². The number of rotatable bonds is 3. The first-order chi connectivity index (χ1) is 13.8. The molecule has 1 N–H and O–H groups in total. The molecule has 0 spiro atoms. The average molecular weight is 364 g/mol. The highest BCUT2D eigenvalue weighted by Gasteiger charge is 2.14. The van der Waals surface area contributed by atoms with Crippen molar-refractivity contribution < 1.29 is 0 Å². The molecule has 6 nitrogen and oxygen atoms in total. The molecule has 0 saturated heterocycles. The van der Waals surface area contributed by atoms with Crippen molar-refractivity contribution in [2.45, 2.75) is 6.92 Å². The van der Waals surface area contributed by atoms with E-state index in [1.807, 2.05) is 67.8 Å². The van der Waals surface area contributed by atoms with Gasteiger partial charge in [-0.2, -0.15) is 5.10 Å². The van der Waals surface area contributed by atoms with E-state index in [4.69, 9.17) is 4.98 Å². The Kier molecular flexibility index (Phi) is 3.87. The quantitative estimate of drug-likeness (QED) is 0.511. The molecule has 6 heteroatoms. The highest BCUT2D eigenvalue weighted by atomic mass is 15.1. The minimum Gasteiger partial charge on any atom is -0.284 e. The highest BCUT2D eigenvalue weighted by molar-refractivity contribution is 5.85. The molecule has 0 atom stereocenters. The molecule has 134 valence electrons. The van der Waals surface area contributed by atoms with Crippen LogP contribution in [0, 0.1) is 6.92 Å². The van der Waals surface area contributed by atoms with Crippen molar-refractivity contribution in [3.8, 4) is 33.8 Å². The number of pyridine rings is 4. The Morgan fingerprint density at radius 2 is 1.71 bits per heavy atom. The molecule has 0 saturated carbocycles. The van der Waals surface area contributed by atoms with Crippen LogP contribution < -0.4 is 0 Å². The van der Waals surface area contributed by atoms with Crippen LogP contribution in [0.2, 0.25) is 0 Å². The predicted molar refractivity (Wildman–Crippen MR) is 108 cm³/mol. The molecule has 0 aromatic carbocycles. The van der Waals surface area contributed by atoms with Gasteiger partial charge in [0.05, 0.1) is 22.4 Å². The van der Waals surface area contributed by atoms with Crippen LogP contribution in [0.25, 0.3) is 44.8 Å². The van der Waals surface area contributed by atoms with Gasteiger partial charge in [-0.15, -0.1) is 0 Å². The van der Waals surface area contributed by atoms with Crippen LogP contribution in [0.5, 0.6) is 0 Å². The lowest BCUT2D eigenvalue weighted by atomic mass is 10.1. The van der Waals surface area contributed by atoms with Crippen LogP contribution >= 0.6 is 0 Å². The van der Waals surface area contributed by atoms with Gasteiger partial charge in [-0.1, -0.05) is 6.07 Å². The van der Waals surface area contributed by atoms with E-state index in [9.17, 15) is 0 Å². The Labute approximate surface area is 161 Å². The first-order valence-electron chi connectivity index (χ1n) is 8.93. The van der Waals surface area contributed by atoms with Crippen molar-refractivity contribution in [2.24, 2.45) is 0 Å². The molecule has 5 heterocycles. The van der Waals surface area contributed by atoms with Gasteiger partial charge in [0, 0.05) is 41.6 Å². The summed E-state index contributed by atoms with van der Waals surface area (Å²) in [6.45, 7) is 1.97. The van der Waals surface area contributed by atoms with Crippen molar-refractivity contribution >= 4 is 11.0 Å². The SMILES string of the molecule is Cc1cccc(-c2n[nH]cc2-c2ccc3ncc(-c4ccncc4)cc3n2)n1. The number of fused-ring (bicyclic) bond motifs is 1. The number of nitrogens with one attached hydrogen (secondary N) is 1. The highest BCUT2D eigenvalue weighted by Crippen LogP contribution is 2.29. The summed E-state index contributed by atoms with van der Waals surface area (Å²) in [5, 5.41) is 7.35. The van der Waals surface area contributed by atoms with Crippen molar-refractivity contribution in [3.05, 3.63) is 79.0 Å². The smallest absolute Gasteiger partial charge is 0.120 e. The summed E-state index contributed by atoms with van der Waals surface area (Å²) in [6, 6.07) is 15.8. The lowest BCUT2D eigenvalue weighted by molar-refractivity contribution is 1.08. The number of nitrogens with zero attached hydrogens (tertiary/aromatic N) is 5. The van der Waals surface area contributed by atoms with Crippen LogP contribution in [-0.2, 0) is 0 Å². The minimum absolute atomic E-state index is 0.786. The predicted octanol–water partition coefficient (Wildman–Crippen LogP) is 4.45. The topological polar surface area (TPSA) is 80.2 Å². The molecule has 0 radical (unpaired) electrons. The van der Waals surface area contributed by atoms with E-state index < -0.39 is 0 Å². The van der Waals surface area contributed by atoms with E-state index >= 15 is 0 Å². The molecular weight excluding hydrogens is 348 g/mol. The molecule has 0 aliphatic rings. The van der Waals surface area contributed by atoms with Crippen LogP contribution in [-0.4, -0.2) is 30.1 Å². The maximum Gasteiger partial charge on any atom is 0.120 e. The number of H-pyrrole nitrogens is 1. The zero-order chi connectivity index (χ0) is 18.9. The lowest BCUT2D eigenvalue weighted by Crippen LogP contribution is -1.92. The fourth-order valence-electron chi connectivity index (χ4n) is 3.21. The number of hydrogen-bond acceptors (Lipinski definition) is 5. The van der Waals surface area contributed by atoms with E-state index in [0.29, 0.717) is 0 Å². The summed E-state index contributed by atoms with van der Waals surface area (Å²) in [7, 11) is 0. The van der Waals surface area contributed by atoms with E-state index in [1.54, 1.807) is 12.4 Å². The van der Waals surface area contributed by atoms with Gasteiger partial charge >= 0.3 is 0 Å². The van der Waals surface area contributed by atoms with Gasteiger partial charge < -0.3 is 0 Å². The molecule has 0 amide bonds. The minimum atomic E-state index is 0.786. The summed E-state index contributed by atoms with van der Waals surface area (Å²) < 4.78 is 0. The summed E-state index contributed by atoms with van der Waals surface area (Å²) >= 11 is 0. The van der Waals surface area contributed by atoms with Crippen LogP contribution in [0.4, 0.5) is 0 Å². The third kappa shape index (κ3) is 2.91. The Bertz CT molecular complexity index is 1280. The normalized spacial score (nSPS) is 11.0. The van der Waals surface area contributed by atoms with E-state index in [1.165, 1.54) is 0 Å². The molecule has 0 bridgehead atoms. The second-order valence-corrected chi connectivity index (χ2v) is 6.51. The van der Waals surface area contributed by atoms with Gasteiger partial charge in [-0.25, -0.2) is 4.98 Å². The Hall–Kier alpha value is -3.93. The largest absolute Gasteiger partial charge is 0.284 e. The molecule has 0 aliphatic heterocycles. The van der Waals surface area contributed by atoms with Crippen molar-refractivity contribution in [2.75, 3.05) is 0 Å². The summed E-state index contributed by atoms with van der Waals surface area (Å²) in [4.78, 5) is 18.1. The van der Waals surface area contributed by atoms with E-state index in [0.717, 1.165) is 50.5 Å². The average Bonchev–Trinajstić information content (AvgIpc) is 3.23. The van der Waals surface area contributed by atoms with Gasteiger partial charge in [0.25, 0.3) is 0 Å². The van der Waals surface area contributed by atoms with Crippen LogP contribution in [0.3, 0.4) is 0 Å². The molecular formula is C22H16N6. The monoisotopic (exact) mass is 364 g/mol. The van der Waals surface area contributed by atoms with E-state index in [-0.39, 0.29) is 0 Å². The first-order valence-corrected chi connectivity index (χ1v) is 8.93. The molecule has 0 unspecified atom stereocenters. The van der Waals surface area contributed by atoms with Crippen LogP contribution in [0.15, 0.2) is 73.3 Å². The molecule has 5 rings (SSSR count). The maximum absolute atomic E-state index is 4.85. The first kappa shape index (κ1) is 16.3. The fraction of sp³-hybridized carbons (Fsp3) is 0.0455. The molecule has 28 heavy (non-hydrogen) atoms. The number of hydrogen-bond donors (Lipinski definition) is 1. The second-order valence-electron chi connectivity index (χ2n) is 6.51. The van der Waals surface area contributed by atoms with Crippen molar-refractivity contribution in [1.82, 2.24) is 30.1 Å². The maximum atomic E-state index is 4.85. The van der Waals surface area contributed by atoms with Gasteiger partial charge in [-0.05, 0) is 55.0 Å². The van der Waals surface area contributed by atoms with Gasteiger partial charge in [-0.3, -0.25) is 20.1 Å². The van der Waals surface area contributed by atoms with E-state index in [2.05, 4.69) is 25.1 Å². The third-order valence-electron chi connectivity index (χ3n) is 4.60. The zero-order valence-corrected chi connectivity index (χ0v) is 15.2. The number of aromatic amines is 1.